The van der Waals surface area contributed by atoms with Crippen molar-refractivity contribution in [1.29, 1.82) is 0 Å². The molecule has 0 unspecified atom stereocenters. The Morgan fingerprint density at radius 3 is 2.06 bits per heavy atom. The first-order chi connectivity index (χ1) is 7.26. The van der Waals surface area contributed by atoms with Gasteiger partial charge in [0.25, 0.3) is 0 Å². The second kappa shape index (κ2) is 3.48. The number of ether oxygens (including phenoxy) is 1. The van der Waals surface area contributed by atoms with Crippen molar-refractivity contribution in [3.8, 4) is 0 Å². The highest BCUT2D eigenvalue weighted by atomic mass is 16.5. The highest BCUT2D eigenvalue weighted by molar-refractivity contribution is 5.75. The number of carbonyl (C=O) groups is 1. The van der Waals surface area contributed by atoms with Crippen LogP contribution in [0.3, 0.4) is 0 Å². The van der Waals surface area contributed by atoms with E-state index in [2.05, 4.69) is 34.6 Å². The smallest absolute Gasteiger partial charge is 0.309 e. The van der Waals surface area contributed by atoms with E-state index >= 15 is 0 Å². The summed E-state index contributed by atoms with van der Waals surface area (Å²) in [6.45, 7) is 11.3. The van der Waals surface area contributed by atoms with Crippen molar-refractivity contribution < 1.29 is 9.53 Å². The normalized spacial score (nSPS) is 36.1. The summed E-state index contributed by atoms with van der Waals surface area (Å²) in [4.78, 5) is 11.7. The van der Waals surface area contributed by atoms with E-state index < -0.39 is 0 Å². The van der Waals surface area contributed by atoms with Gasteiger partial charge in [0.05, 0.1) is 5.92 Å². The summed E-state index contributed by atoms with van der Waals surface area (Å²) in [6, 6.07) is 0. The Balaban J connectivity index is 2.08. The van der Waals surface area contributed by atoms with Crippen LogP contribution in [0, 0.1) is 22.7 Å². The van der Waals surface area contributed by atoms with E-state index in [1.165, 1.54) is 0 Å². The van der Waals surface area contributed by atoms with Crippen molar-refractivity contribution in [3.05, 3.63) is 0 Å². The van der Waals surface area contributed by atoms with Crippen LogP contribution in [0.1, 0.15) is 53.9 Å². The Morgan fingerprint density at radius 2 is 1.69 bits per heavy atom. The average Bonchev–Trinajstić information content (AvgIpc) is 2.95. The molecule has 0 aromatic carbocycles. The largest absolute Gasteiger partial charge is 0.462 e. The van der Waals surface area contributed by atoms with Crippen LogP contribution in [0.4, 0.5) is 0 Å². The minimum atomic E-state index is 0.0444. The molecule has 0 N–H and O–H groups in total. The first-order valence-electron chi connectivity index (χ1n) is 6.47. The molecule has 0 spiro atoms. The molecule has 2 aliphatic rings. The van der Waals surface area contributed by atoms with Crippen LogP contribution >= 0.6 is 0 Å². The van der Waals surface area contributed by atoms with Gasteiger partial charge in [-0.1, -0.05) is 34.6 Å². The lowest BCUT2D eigenvalue weighted by Gasteiger charge is -2.40. The summed E-state index contributed by atoms with van der Waals surface area (Å²) in [5, 5.41) is 0. The monoisotopic (exact) mass is 224 g/mol. The molecule has 0 saturated heterocycles. The predicted molar refractivity (Wildman–Crippen MR) is 63.9 cm³/mol. The molecule has 2 nitrogen and oxygen atoms in total. The summed E-state index contributed by atoms with van der Waals surface area (Å²) in [6.07, 6.45) is 3.18. The third kappa shape index (κ3) is 1.66. The van der Waals surface area contributed by atoms with Crippen molar-refractivity contribution in [2.75, 3.05) is 0 Å². The Bertz CT molecular complexity index is 300. The van der Waals surface area contributed by atoms with Crippen LogP contribution in [0.5, 0.6) is 0 Å². The topological polar surface area (TPSA) is 26.3 Å². The molecule has 2 fully saturated rings. The van der Waals surface area contributed by atoms with Crippen molar-refractivity contribution >= 4 is 5.97 Å². The molecule has 0 heterocycles. The summed E-state index contributed by atoms with van der Waals surface area (Å²) < 4.78 is 5.72. The Hall–Kier alpha value is -0.530. The van der Waals surface area contributed by atoms with Crippen LogP contribution in [0.2, 0.25) is 0 Å². The summed E-state index contributed by atoms with van der Waals surface area (Å²) >= 11 is 0. The molecule has 0 radical (unpaired) electrons. The van der Waals surface area contributed by atoms with Crippen molar-refractivity contribution in [2.45, 2.75) is 60.0 Å². The molecule has 2 saturated carbocycles. The highest BCUT2D eigenvalue weighted by Crippen LogP contribution is 2.56. The molecule has 2 atom stereocenters. The van der Waals surface area contributed by atoms with Gasteiger partial charge in [0.1, 0.15) is 6.10 Å². The zero-order valence-corrected chi connectivity index (χ0v) is 11.2. The second-order valence-electron chi connectivity index (χ2n) is 6.78. The Labute approximate surface area is 98.7 Å². The number of esters is 1. The molecular formula is C14H24O2. The van der Waals surface area contributed by atoms with Crippen LogP contribution in [0.15, 0.2) is 0 Å². The number of hydrogen-bond acceptors (Lipinski definition) is 2. The summed E-state index contributed by atoms with van der Waals surface area (Å²) in [5.74, 6) is 0.872. The van der Waals surface area contributed by atoms with E-state index in [0.29, 0.717) is 5.92 Å². The Kier molecular flexibility index (Phi) is 2.60. The molecule has 2 aliphatic carbocycles. The fraction of sp³-hybridized carbons (Fsp3) is 0.929. The fourth-order valence-corrected chi connectivity index (χ4v) is 2.71. The predicted octanol–water partition coefficient (Wildman–Crippen LogP) is 3.40. The fourth-order valence-electron chi connectivity index (χ4n) is 2.71. The lowest BCUT2D eigenvalue weighted by molar-refractivity contribution is -0.157. The number of carbonyl (C=O) groups excluding carboxylic acids is 1. The minimum absolute atomic E-state index is 0.0444. The molecule has 0 aromatic heterocycles. The van der Waals surface area contributed by atoms with Crippen LogP contribution in [0.25, 0.3) is 0 Å². The maximum absolute atomic E-state index is 11.7. The molecular weight excluding hydrogens is 200 g/mol. The van der Waals surface area contributed by atoms with E-state index in [0.717, 1.165) is 19.3 Å². The molecule has 2 heteroatoms. The van der Waals surface area contributed by atoms with Crippen molar-refractivity contribution in [3.63, 3.8) is 0 Å². The van der Waals surface area contributed by atoms with Gasteiger partial charge in [-0.25, -0.2) is 0 Å². The van der Waals surface area contributed by atoms with E-state index in [9.17, 15) is 4.79 Å². The molecule has 16 heavy (non-hydrogen) atoms. The molecule has 0 aromatic rings. The van der Waals surface area contributed by atoms with Gasteiger partial charge in [0.15, 0.2) is 0 Å². The lowest BCUT2D eigenvalue weighted by Crippen LogP contribution is -2.38. The standard InChI is InChI=1S/C14H24O2/c1-9-8-11(14(4,5)13(9,2)3)16-12(15)10-6-7-10/h9-11H,6-8H2,1-5H3/t9-,11-/m0/s1. The van der Waals surface area contributed by atoms with Gasteiger partial charge in [-0.3, -0.25) is 4.79 Å². The van der Waals surface area contributed by atoms with Crippen LogP contribution in [-0.4, -0.2) is 12.1 Å². The van der Waals surface area contributed by atoms with Crippen molar-refractivity contribution in [2.24, 2.45) is 22.7 Å². The number of rotatable bonds is 2. The zero-order valence-electron chi connectivity index (χ0n) is 11.2. The Morgan fingerprint density at radius 1 is 1.12 bits per heavy atom. The van der Waals surface area contributed by atoms with Gasteiger partial charge in [0.2, 0.25) is 0 Å². The molecule has 0 amide bonds. The quantitative estimate of drug-likeness (QED) is 0.672. The third-order valence-electron chi connectivity index (χ3n) is 5.43. The minimum Gasteiger partial charge on any atom is -0.462 e. The molecule has 2 rings (SSSR count). The summed E-state index contributed by atoms with van der Waals surface area (Å²) in [5.41, 5.74) is 0.318. The second-order valence-corrected chi connectivity index (χ2v) is 6.78. The van der Waals surface area contributed by atoms with Gasteiger partial charge >= 0.3 is 5.97 Å². The molecule has 0 aliphatic heterocycles. The first-order valence-corrected chi connectivity index (χ1v) is 6.47. The maximum Gasteiger partial charge on any atom is 0.309 e. The van der Waals surface area contributed by atoms with Gasteiger partial charge in [-0.05, 0) is 30.6 Å². The number of hydrogen-bond donors (Lipinski definition) is 0. The van der Waals surface area contributed by atoms with Gasteiger partial charge in [-0.15, -0.1) is 0 Å². The van der Waals surface area contributed by atoms with E-state index in [1.54, 1.807) is 0 Å². The summed E-state index contributed by atoms with van der Waals surface area (Å²) in [7, 11) is 0. The lowest BCUT2D eigenvalue weighted by atomic mass is 9.67. The molecule has 0 bridgehead atoms. The maximum atomic E-state index is 11.7. The molecule has 92 valence electrons. The van der Waals surface area contributed by atoms with Gasteiger partial charge < -0.3 is 4.74 Å². The highest BCUT2D eigenvalue weighted by Gasteiger charge is 2.55. The zero-order chi connectivity index (χ0) is 12.1. The van der Waals surface area contributed by atoms with Gasteiger partial charge in [0, 0.05) is 5.41 Å². The van der Waals surface area contributed by atoms with E-state index in [4.69, 9.17) is 4.74 Å². The van der Waals surface area contributed by atoms with Gasteiger partial charge in [-0.2, -0.15) is 0 Å². The average molecular weight is 224 g/mol. The van der Waals surface area contributed by atoms with Crippen LogP contribution in [-0.2, 0) is 9.53 Å². The SMILES string of the molecule is C[C@H]1C[C@H](OC(=O)C2CC2)C(C)(C)C1(C)C. The van der Waals surface area contributed by atoms with Crippen molar-refractivity contribution in [1.82, 2.24) is 0 Å². The van der Waals surface area contributed by atoms with Crippen LogP contribution < -0.4 is 0 Å². The third-order valence-corrected chi connectivity index (χ3v) is 5.43. The van der Waals surface area contributed by atoms with E-state index in [1.807, 2.05) is 0 Å². The first kappa shape index (κ1) is 11.9. The van der Waals surface area contributed by atoms with E-state index in [-0.39, 0.29) is 28.8 Å².